The number of likely N-dealkylation sites (N-methyl/N-ethyl adjacent to an activating group) is 1. The molecule has 0 saturated heterocycles. The Bertz CT molecular complexity index is 676. The highest BCUT2D eigenvalue weighted by molar-refractivity contribution is 6.00. The van der Waals surface area contributed by atoms with Gasteiger partial charge in [0.2, 0.25) is 5.91 Å². The zero-order valence-electron chi connectivity index (χ0n) is 12.3. The molecule has 1 aliphatic rings. The first-order valence-electron chi connectivity index (χ1n) is 7.17. The zero-order chi connectivity index (χ0) is 15.0. The molecule has 3 heteroatoms. The first-order chi connectivity index (χ1) is 10.0. The highest BCUT2D eigenvalue weighted by atomic mass is 16.3. The van der Waals surface area contributed by atoms with E-state index in [0.717, 1.165) is 22.4 Å². The highest BCUT2D eigenvalue weighted by Crippen LogP contribution is 2.31. The molecule has 0 saturated carbocycles. The highest BCUT2D eigenvalue weighted by Gasteiger charge is 2.24. The van der Waals surface area contributed by atoms with Crippen LogP contribution < -0.4 is 4.90 Å². The summed E-state index contributed by atoms with van der Waals surface area (Å²) >= 11 is 0. The van der Waals surface area contributed by atoms with Crippen molar-refractivity contribution in [3.63, 3.8) is 0 Å². The number of aryl methyl sites for hydroxylation is 1. The van der Waals surface area contributed by atoms with E-state index in [4.69, 9.17) is 0 Å². The van der Waals surface area contributed by atoms with E-state index in [1.807, 2.05) is 37.3 Å². The van der Waals surface area contributed by atoms with Crippen molar-refractivity contribution in [1.82, 2.24) is 0 Å². The minimum Gasteiger partial charge on any atom is -0.388 e. The predicted molar refractivity (Wildman–Crippen MR) is 83.4 cm³/mol. The van der Waals surface area contributed by atoms with Crippen molar-refractivity contribution in [1.29, 1.82) is 0 Å². The summed E-state index contributed by atoms with van der Waals surface area (Å²) < 4.78 is 0. The third kappa shape index (κ3) is 2.69. The Morgan fingerprint density at radius 2 is 1.90 bits per heavy atom. The summed E-state index contributed by atoms with van der Waals surface area (Å²) in [5, 5.41) is 10.4. The number of nitrogens with zero attached hydrogens (tertiary/aromatic N) is 1. The largest absolute Gasteiger partial charge is 0.388 e. The van der Waals surface area contributed by atoms with E-state index >= 15 is 0 Å². The Morgan fingerprint density at radius 1 is 1.19 bits per heavy atom. The lowest BCUT2D eigenvalue weighted by atomic mass is 9.98. The molecule has 0 aliphatic carbocycles. The molecule has 2 aromatic rings. The van der Waals surface area contributed by atoms with Gasteiger partial charge in [-0.2, -0.15) is 0 Å². The number of aliphatic hydroxyl groups excluding tert-OH is 1. The van der Waals surface area contributed by atoms with Gasteiger partial charge in [0.15, 0.2) is 0 Å². The predicted octanol–water partition coefficient (Wildman–Crippen LogP) is 2.79. The third-order valence-corrected chi connectivity index (χ3v) is 4.12. The van der Waals surface area contributed by atoms with Gasteiger partial charge in [-0.25, -0.2) is 0 Å². The van der Waals surface area contributed by atoms with Crippen LogP contribution in [-0.2, 0) is 17.6 Å². The van der Waals surface area contributed by atoms with Crippen LogP contribution in [0.3, 0.4) is 0 Å². The van der Waals surface area contributed by atoms with Crippen molar-refractivity contribution in [2.75, 3.05) is 11.9 Å². The first kappa shape index (κ1) is 13.8. The van der Waals surface area contributed by atoms with Crippen LogP contribution in [0.4, 0.5) is 5.69 Å². The molecule has 0 aromatic heterocycles. The van der Waals surface area contributed by atoms with Gasteiger partial charge in [0.25, 0.3) is 0 Å². The topological polar surface area (TPSA) is 40.5 Å². The lowest BCUT2D eigenvalue weighted by molar-refractivity contribution is -0.117. The lowest BCUT2D eigenvalue weighted by Crippen LogP contribution is -2.20. The van der Waals surface area contributed by atoms with Crippen LogP contribution in [0.15, 0.2) is 42.5 Å². The Balaban J connectivity index is 1.80. The monoisotopic (exact) mass is 281 g/mol. The molecule has 0 spiro atoms. The van der Waals surface area contributed by atoms with Crippen molar-refractivity contribution in [2.24, 2.45) is 0 Å². The van der Waals surface area contributed by atoms with Gasteiger partial charge >= 0.3 is 0 Å². The fourth-order valence-electron chi connectivity index (χ4n) is 2.76. The van der Waals surface area contributed by atoms with E-state index in [-0.39, 0.29) is 5.91 Å². The summed E-state index contributed by atoms with van der Waals surface area (Å²) in [6.45, 7) is 2.05. The maximum atomic E-state index is 11.7. The molecule has 1 amide bonds. The van der Waals surface area contributed by atoms with Crippen LogP contribution in [0.2, 0.25) is 0 Å². The minimum atomic E-state index is -0.543. The summed E-state index contributed by atoms with van der Waals surface area (Å²) in [5.41, 5.74) is 5.15. The van der Waals surface area contributed by atoms with Crippen LogP contribution in [0.25, 0.3) is 0 Å². The molecule has 0 radical (unpaired) electrons. The molecular formula is C18H19NO2. The second-order valence-corrected chi connectivity index (χ2v) is 5.72. The molecule has 3 nitrogen and oxygen atoms in total. The smallest absolute Gasteiger partial charge is 0.231 e. The standard InChI is InChI=1S/C18H19NO2/c1-12-3-5-13(6-4-12)9-17(20)14-7-8-16-15(10-14)11-18(21)19(16)2/h3-8,10,17,20H,9,11H2,1-2H3. The fourth-order valence-corrected chi connectivity index (χ4v) is 2.76. The van der Waals surface area contributed by atoms with Crippen molar-refractivity contribution in [3.05, 3.63) is 64.7 Å². The molecule has 1 atom stereocenters. The second kappa shape index (κ2) is 5.34. The molecule has 1 aliphatic heterocycles. The number of fused-ring (bicyclic) bond motifs is 1. The van der Waals surface area contributed by atoms with Gasteiger partial charge in [-0.3, -0.25) is 4.79 Å². The van der Waals surface area contributed by atoms with Crippen LogP contribution in [0, 0.1) is 6.92 Å². The fraction of sp³-hybridized carbons (Fsp3) is 0.278. The van der Waals surface area contributed by atoms with Crippen molar-refractivity contribution in [3.8, 4) is 0 Å². The molecule has 2 aromatic carbocycles. The maximum Gasteiger partial charge on any atom is 0.231 e. The molecule has 0 fully saturated rings. The summed E-state index contributed by atoms with van der Waals surface area (Å²) in [7, 11) is 1.79. The van der Waals surface area contributed by atoms with Gasteiger partial charge in [-0.1, -0.05) is 42.0 Å². The van der Waals surface area contributed by atoms with Crippen molar-refractivity contribution in [2.45, 2.75) is 25.9 Å². The molecule has 108 valence electrons. The summed E-state index contributed by atoms with van der Waals surface area (Å²) in [6.07, 6.45) is 0.471. The molecule has 1 heterocycles. The van der Waals surface area contributed by atoms with Gasteiger partial charge in [0.05, 0.1) is 12.5 Å². The zero-order valence-corrected chi connectivity index (χ0v) is 12.3. The number of rotatable bonds is 3. The number of benzene rings is 2. The normalized spacial score (nSPS) is 15.2. The average molecular weight is 281 g/mol. The van der Waals surface area contributed by atoms with Crippen molar-refractivity contribution >= 4 is 11.6 Å². The molecule has 1 unspecified atom stereocenters. The molecular weight excluding hydrogens is 262 g/mol. The Morgan fingerprint density at radius 3 is 2.62 bits per heavy atom. The molecule has 1 N–H and O–H groups in total. The minimum absolute atomic E-state index is 0.107. The van der Waals surface area contributed by atoms with E-state index in [1.165, 1.54) is 5.56 Å². The lowest BCUT2D eigenvalue weighted by Gasteiger charge is -2.14. The summed E-state index contributed by atoms with van der Waals surface area (Å²) in [5.74, 6) is 0.107. The van der Waals surface area contributed by atoms with Crippen LogP contribution in [-0.4, -0.2) is 18.1 Å². The van der Waals surface area contributed by atoms with E-state index in [2.05, 4.69) is 12.1 Å². The average Bonchev–Trinajstić information content (AvgIpc) is 2.76. The first-order valence-corrected chi connectivity index (χ1v) is 7.17. The van der Waals surface area contributed by atoms with Gasteiger partial charge in [-0.05, 0) is 29.7 Å². The third-order valence-electron chi connectivity index (χ3n) is 4.12. The Labute approximate surface area is 124 Å². The number of hydrogen-bond donors (Lipinski definition) is 1. The van der Waals surface area contributed by atoms with E-state index in [1.54, 1.807) is 11.9 Å². The van der Waals surface area contributed by atoms with Gasteiger partial charge in [-0.15, -0.1) is 0 Å². The number of carbonyl (C=O) groups is 1. The van der Waals surface area contributed by atoms with Gasteiger partial charge in [0, 0.05) is 19.2 Å². The van der Waals surface area contributed by atoms with Gasteiger partial charge in [0.1, 0.15) is 0 Å². The summed E-state index contributed by atoms with van der Waals surface area (Å²) in [4.78, 5) is 13.4. The molecule has 21 heavy (non-hydrogen) atoms. The number of amides is 1. The number of hydrogen-bond acceptors (Lipinski definition) is 2. The summed E-state index contributed by atoms with van der Waals surface area (Å²) in [6, 6.07) is 14.0. The maximum absolute atomic E-state index is 11.7. The molecule has 0 bridgehead atoms. The second-order valence-electron chi connectivity index (χ2n) is 5.72. The Hall–Kier alpha value is -2.13. The number of anilines is 1. The number of carbonyl (C=O) groups excluding carboxylic acids is 1. The van der Waals surface area contributed by atoms with E-state index < -0.39 is 6.10 Å². The SMILES string of the molecule is Cc1ccc(CC(O)c2ccc3c(c2)CC(=O)N3C)cc1. The number of aliphatic hydroxyl groups is 1. The van der Waals surface area contributed by atoms with Crippen LogP contribution in [0.5, 0.6) is 0 Å². The van der Waals surface area contributed by atoms with Crippen LogP contribution >= 0.6 is 0 Å². The van der Waals surface area contributed by atoms with E-state index in [9.17, 15) is 9.90 Å². The molecule has 3 rings (SSSR count). The Kier molecular flexibility index (Phi) is 3.52. The van der Waals surface area contributed by atoms with Crippen LogP contribution in [0.1, 0.15) is 28.4 Å². The van der Waals surface area contributed by atoms with Crippen molar-refractivity contribution < 1.29 is 9.90 Å². The van der Waals surface area contributed by atoms with E-state index in [0.29, 0.717) is 12.8 Å². The quantitative estimate of drug-likeness (QED) is 0.940. The van der Waals surface area contributed by atoms with Gasteiger partial charge < -0.3 is 10.0 Å².